The standard InChI is InChI=1S/C13H10ClN3/c14-11-5-2-6-17-8-12(16-13(11)17)9-3-1-4-10(15)7-9/h1-8H,15H2. The van der Waals surface area contributed by atoms with Crippen LogP contribution in [0.15, 0.2) is 48.8 Å². The highest BCUT2D eigenvalue weighted by molar-refractivity contribution is 6.33. The molecule has 0 amide bonds. The molecule has 0 saturated carbocycles. The topological polar surface area (TPSA) is 43.3 Å². The maximum absolute atomic E-state index is 6.08. The first-order chi connectivity index (χ1) is 8.24. The number of benzene rings is 1. The SMILES string of the molecule is Nc1cccc(-c2cn3cccc(Cl)c3n2)c1. The second-order valence-corrected chi connectivity index (χ2v) is 4.25. The smallest absolute Gasteiger partial charge is 0.156 e. The Morgan fingerprint density at radius 1 is 1.18 bits per heavy atom. The van der Waals surface area contributed by atoms with Crippen molar-refractivity contribution in [2.45, 2.75) is 0 Å². The number of hydrogen-bond donors (Lipinski definition) is 1. The maximum atomic E-state index is 6.08. The summed E-state index contributed by atoms with van der Waals surface area (Å²) in [5, 5.41) is 0.641. The Morgan fingerprint density at radius 2 is 2.06 bits per heavy atom. The fraction of sp³-hybridized carbons (Fsp3) is 0. The van der Waals surface area contributed by atoms with Crippen LogP contribution in [0.4, 0.5) is 5.69 Å². The monoisotopic (exact) mass is 243 g/mol. The average molecular weight is 244 g/mol. The Balaban J connectivity index is 2.22. The van der Waals surface area contributed by atoms with Crippen molar-refractivity contribution in [3.63, 3.8) is 0 Å². The van der Waals surface area contributed by atoms with Crippen LogP contribution in [0.25, 0.3) is 16.9 Å². The number of aromatic nitrogens is 2. The summed E-state index contributed by atoms with van der Waals surface area (Å²) < 4.78 is 1.90. The van der Waals surface area contributed by atoms with E-state index in [0.717, 1.165) is 22.6 Å². The van der Waals surface area contributed by atoms with E-state index in [0.29, 0.717) is 5.02 Å². The van der Waals surface area contributed by atoms with Gasteiger partial charge in [-0.3, -0.25) is 0 Å². The van der Waals surface area contributed by atoms with Crippen molar-refractivity contribution >= 4 is 22.9 Å². The molecule has 2 heterocycles. The summed E-state index contributed by atoms with van der Waals surface area (Å²) in [4.78, 5) is 4.50. The number of halogens is 1. The zero-order valence-electron chi connectivity index (χ0n) is 8.97. The van der Waals surface area contributed by atoms with Gasteiger partial charge in [-0.2, -0.15) is 0 Å². The van der Waals surface area contributed by atoms with E-state index in [1.54, 1.807) is 0 Å². The minimum Gasteiger partial charge on any atom is -0.399 e. The molecule has 0 unspecified atom stereocenters. The van der Waals surface area contributed by atoms with Gasteiger partial charge in [0.15, 0.2) is 5.65 Å². The Kier molecular flexibility index (Phi) is 2.27. The molecular formula is C13H10ClN3. The highest BCUT2D eigenvalue weighted by Crippen LogP contribution is 2.24. The molecular weight excluding hydrogens is 234 g/mol. The molecule has 0 bridgehead atoms. The number of nitrogens with two attached hydrogens (primary N) is 1. The zero-order chi connectivity index (χ0) is 11.8. The van der Waals surface area contributed by atoms with Crippen LogP contribution in [0.2, 0.25) is 5.02 Å². The number of pyridine rings is 1. The van der Waals surface area contributed by atoms with Crippen molar-refractivity contribution in [3.8, 4) is 11.3 Å². The minimum absolute atomic E-state index is 0.641. The Hall–Kier alpha value is -2.00. The molecule has 0 spiro atoms. The molecule has 0 atom stereocenters. The van der Waals surface area contributed by atoms with Crippen molar-refractivity contribution in [1.29, 1.82) is 0 Å². The summed E-state index contributed by atoms with van der Waals surface area (Å²) in [5.74, 6) is 0. The molecule has 2 aromatic heterocycles. The Morgan fingerprint density at radius 3 is 2.82 bits per heavy atom. The molecule has 0 radical (unpaired) electrons. The summed E-state index contributed by atoms with van der Waals surface area (Å²) in [6.07, 6.45) is 3.86. The van der Waals surface area contributed by atoms with Gasteiger partial charge in [0.05, 0.1) is 10.7 Å². The van der Waals surface area contributed by atoms with Gasteiger partial charge in [-0.05, 0) is 24.3 Å². The average Bonchev–Trinajstić information content (AvgIpc) is 2.74. The quantitative estimate of drug-likeness (QED) is 0.667. The third-order valence-corrected chi connectivity index (χ3v) is 2.91. The van der Waals surface area contributed by atoms with Crippen LogP contribution < -0.4 is 5.73 Å². The number of nitrogen functional groups attached to an aromatic ring is 1. The molecule has 0 aliphatic carbocycles. The number of nitrogens with zero attached hydrogens (tertiary/aromatic N) is 2. The lowest BCUT2D eigenvalue weighted by atomic mass is 10.1. The van der Waals surface area contributed by atoms with E-state index >= 15 is 0 Å². The lowest BCUT2D eigenvalue weighted by molar-refractivity contribution is 1.19. The van der Waals surface area contributed by atoms with Crippen LogP contribution in [-0.2, 0) is 0 Å². The highest BCUT2D eigenvalue weighted by atomic mass is 35.5. The van der Waals surface area contributed by atoms with Gasteiger partial charge < -0.3 is 10.1 Å². The van der Waals surface area contributed by atoms with Gasteiger partial charge in [0.1, 0.15) is 0 Å². The summed E-state index contributed by atoms with van der Waals surface area (Å²) in [6.45, 7) is 0. The van der Waals surface area contributed by atoms with E-state index in [-0.39, 0.29) is 0 Å². The first kappa shape index (κ1) is 10.2. The van der Waals surface area contributed by atoms with Crippen LogP contribution in [0.3, 0.4) is 0 Å². The molecule has 2 N–H and O–H groups in total. The predicted molar refractivity (Wildman–Crippen MR) is 70.1 cm³/mol. The van der Waals surface area contributed by atoms with Gasteiger partial charge in [0, 0.05) is 23.6 Å². The van der Waals surface area contributed by atoms with Crippen LogP contribution in [0.5, 0.6) is 0 Å². The van der Waals surface area contributed by atoms with Crippen molar-refractivity contribution in [2.75, 3.05) is 5.73 Å². The van der Waals surface area contributed by atoms with Crippen LogP contribution in [0, 0.1) is 0 Å². The summed E-state index contributed by atoms with van der Waals surface area (Å²) in [7, 11) is 0. The maximum Gasteiger partial charge on any atom is 0.156 e. The van der Waals surface area contributed by atoms with E-state index in [1.807, 2.05) is 53.2 Å². The molecule has 0 aliphatic heterocycles. The molecule has 3 aromatic rings. The normalized spacial score (nSPS) is 10.9. The summed E-state index contributed by atoms with van der Waals surface area (Å²) >= 11 is 6.08. The van der Waals surface area contributed by atoms with E-state index < -0.39 is 0 Å². The molecule has 0 saturated heterocycles. The van der Waals surface area contributed by atoms with Crippen LogP contribution in [0.1, 0.15) is 0 Å². The van der Waals surface area contributed by atoms with E-state index in [1.165, 1.54) is 0 Å². The first-order valence-corrected chi connectivity index (χ1v) is 5.61. The number of hydrogen-bond acceptors (Lipinski definition) is 2. The van der Waals surface area contributed by atoms with Crippen molar-refractivity contribution in [3.05, 3.63) is 53.8 Å². The Labute approximate surface area is 103 Å². The minimum atomic E-state index is 0.641. The van der Waals surface area contributed by atoms with Gasteiger partial charge in [0.25, 0.3) is 0 Å². The fourth-order valence-electron chi connectivity index (χ4n) is 1.82. The molecule has 0 aliphatic rings. The number of fused-ring (bicyclic) bond motifs is 1. The number of anilines is 1. The third kappa shape index (κ3) is 1.74. The third-order valence-electron chi connectivity index (χ3n) is 2.62. The molecule has 4 heteroatoms. The van der Waals surface area contributed by atoms with Gasteiger partial charge in [-0.15, -0.1) is 0 Å². The molecule has 17 heavy (non-hydrogen) atoms. The second kappa shape index (κ2) is 3.79. The Bertz CT molecular complexity index is 688. The van der Waals surface area contributed by atoms with Crippen LogP contribution in [-0.4, -0.2) is 9.38 Å². The predicted octanol–water partition coefficient (Wildman–Crippen LogP) is 3.24. The fourth-order valence-corrected chi connectivity index (χ4v) is 2.03. The number of rotatable bonds is 1. The summed E-state index contributed by atoms with van der Waals surface area (Å²) in [6, 6.07) is 11.4. The number of imidazole rings is 1. The van der Waals surface area contributed by atoms with Gasteiger partial charge in [-0.1, -0.05) is 23.7 Å². The lowest BCUT2D eigenvalue weighted by Gasteiger charge is -1.96. The van der Waals surface area contributed by atoms with Crippen molar-refractivity contribution in [1.82, 2.24) is 9.38 Å². The van der Waals surface area contributed by atoms with Crippen molar-refractivity contribution in [2.24, 2.45) is 0 Å². The van der Waals surface area contributed by atoms with Crippen LogP contribution >= 0.6 is 11.6 Å². The molecule has 0 fully saturated rings. The van der Waals surface area contributed by atoms with E-state index in [4.69, 9.17) is 17.3 Å². The lowest BCUT2D eigenvalue weighted by Crippen LogP contribution is -1.84. The van der Waals surface area contributed by atoms with Crippen molar-refractivity contribution < 1.29 is 0 Å². The molecule has 1 aromatic carbocycles. The largest absolute Gasteiger partial charge is 0.399 e. The second-order valence-electron chi connectivity index (χ2n) is 3.84. The summed E-state index contributed by atoms with van der Waals surface area (Å²) in [5.41, 5.74) is 9.10. The van der Waals surface area contributed by atoms with Gasteiger partial charge >= 0.3 is 0 Å². The molecule has 3 rings (SSSR count). The van der Waals surface area contributed by atoms with Gasteiger partial charge in [-0.25, -0.2) is 4.98 Å². The molecule has 3 nitrogen and oxygen atoms in total. The molecule has 84 valence electrons. The van der Waals surface area contributed by atoms with E-state index in [2.05, 4.69) is 4.98 Å². The first-order valence-electron chi connectivity index (χ1n) is 5.23. The zero-order valence-corrected chi connectivity index (χ0v) is 9.72. The highest BCUT2D eigenvalue weighted by Gasteiger charge is 2.06. The van der Waals surface area contributed by atoms with E-state index in [9.17, 15) is 0 Å². The van der Waals surface area contributed by atoms with Gasteiger partial charge in [0.2, 0.25) is 0 Å².